The molecule has 2 heterocycles. The summed E-state index contributed by atoms with van der Waals surface area (Å²) in [4.78, 5) is 27.6. The molecule has 2 amide bonds. The molecule has 2 aliphatic heterocycles. The van der Waals surface area contributed by atoms with E-state index in [4.69, 9.17) is 0 Å². The molecule has 0 aliphatic carbocycles. The number of allylic oxidation sites excluding steroid dienone is 1. The number of alkyl halides is 2. The molecule has 180 valence electrons. The van der Waals surface area contributed by atoms with Gasteiger partial charge in [-0.2, -0.15) is 8.78 Å². The minimum Gasteiger partial charge on any atom is -0.341 e. The fourth-order valence-corrected chi connectivity index (χ4v) is 5.82. The predicted octanol–water partition coefficient (Wildman–Crippen LogP) is 5.13. The van der Waals surface area contributed by atoms with E-state index in [1.54, 1.807) is 11.8 Å². The first kappa shape index (κ1) is 24.3. The van der Waals surface area contributed by atoms with E-state index in [9.17, 15) is 22.9 Å². The summed E-state index contributed by atoms with van der Waals surface area (Å²) in [5.41, 5.74) is 0.202. The summed E-state index contributed by atoms with van der Waals surface area (Å²) < 4.78 is 40.9. The molecule has 0 saturated heterocycles. The van der Waals surface area contributed by atoms with Crippen molar-refractivity contribution in [3.63, 3.8) is 0 Å². The van der Waals surface area contributed by atoms with Crippen LogP contribution in [0.4, 0.5) is 14.5 Å². The first-order chi connectivity index (χ1) is 16.1. The van der Waals surface area contributed by atoms with Gasteiger partial charge in [-0.1, -0.05) is 56.3 Å². The molecular formula is C26H29F2N2O3P. The SMILES string of the molecule is C/C(=C\C(=O)N[C@H]1CCc2cccc3c2N(CC3)C1=O)c1ccc(C(F)(F)[PH](=O)C(C)C)cc1. The number of rotatable bonds is 6. The minimum atomic E-state index is -3.38. The Hall–Kier alpha value is -2.79. The van der Waals surface area contributed by atoms with Crippen molar-refractivity contribution in [1.29, 1.82) is 0 Å². The number of carbonyl (C=O) groups is 2. The van der Waals surface area contributed by atoms with Crippen molar-refractivity contribution in [1.82, 2.24) is 5.32 Å². The Labute approximate surface area is 199 Å². The Morgan fingerprint density at radius 3 is 2.44 bits per heavy atom. The third kappa shape index (κ3) is 4.58. The van der Waals surface area contributed by atoms with Crippen LogP contribution in [0.5, 0.6) is 0 Å². The van der Waals surface area contributed by atoms with Gasteiger partial charge < -0.3 is 14.8 Å². The fourth-order valence-electron chi connectivity index (χ4n) is 4.65. The third-order valence-corrected chi connectivity index (χ3v) is 8.50. The van der Waals surface area contributed by atoms with Crippen LogP contribution in [0.15, 0.2) is 48.5 Å². The van der Waals surface area contributed by atoms with Gasteiger partial charge in [-0.05, 0) is 48.4 Å². The van der Waals surface area contributed by atoms with Gasteiger partial charge in [0.2, 0.25) is 11.8 Å². The van der Waals surface area contributed by atoms with Crippen LogP contribution in [-0.2, 0) is 32.7 Å². The van der Waals surface area contributed by atoms with Crippen LogP contribution in [0.3, 0.4) is 0 Å². The molecule has 1 unspecified atom stereocenters. The van der Waals surface area contributed by atoms with E-state index in [1.165, 1.54) is 49.8 Å². The quantitative estimate of drug-likeness (QED) is 0.455. The standard InChI is InChI=1S/C26H29F2N2O3P/c1-16(2)34(33)26(27,28)21-10-7-18(8-11-21)17(3)15-23(31)29-22-12-9-19-5-4-6-20-13-14-30(24(19)20)25(22)32/h4-8,10-11,15-16,22,34H,9,12-14H2,1-3H3,(H,29,31)/b17-15+/t22-/m0/s1. The average molecular weight is 486 g/mol. The number of aryl methyl sites for hydroxylation is 1. The van der Waals surface area contributed by atoms with Crippen molar-refractivity contribution in [3.8, 4) is 0 Å². The van der Waals surface area contributed by atoms with Crippen LogP contribution in [0.25, 0.3) is 5.57 Å². The van der Waals surface area contributed by atoms with Crippen molar-refractivity contribution < 1.29 is 22.9 Å². The molecule has 0 bridgehead atoms. The highest BCUT2D eigenvalue weighted by atomic mass is 31.1. The molecule has 1 N–H and O–H groups in total. The first-order valence-corrected chi connectivity index (χ1v) is 13.0. The molecule has 5 nitrogen and oxygen atoms in total. The number of para-hydroxylation sites is 1. The molecule has 2 aliphatic rings. The number of amides is 2. The number of halogens is 2. The predicted molar refractivity (Wildman–Crippen MR) is 131 cm³/mol. The van der Waals surface area contributed by atoms with Crippen LogP contribution in [0, 0.1) is 0 Å². The number of nitrogens with zero attached hydrogens (tertiary/aromatic N) is 1. The zero-order chi connectivity index (χ0) is 24.6. The van der Waals surface area contributed by atoms with Crippen LogP contribution >= 0.6 is 7.80 Å². The number of hydrogen-bond donors (Lipinski definition) is 1. The normalized spacial score (nSPS) is 19.1. The van der Waals surface area contributed by atoms with Crippen LogP contribution < -0.4 is 10.2 Å². The Kier molecular flexibility index (Phi) is 6.77. The molecule has 0 radical (unpaired) electrons. The lowest BCUT2D eigenvalue weighted by molar-refractivity contribution is -0.125. The third-order valence-electron chi connectivity index (χ3n) is 6.55. The Balaban J connectivity index is 1.45. The van der Waals surface area contributed by atoms with Crippen molar-refractivity contribution in [3.05, 3.63) is 70.8 Å². The zero-order valence-corrected chi connectivity index (χ0v) is 20.5. The van der Waals surface area contributed by atoms with Gasteiger partial charge in [0.25, 0.3) is 0 Å². The van der Waals surface area contributed by atoms with Gasteiger partial charge in [-0.25, -0.2) is 0 Å². The number of nitrogens with one attached hydrogen (secondary N) is 1. The minimum absolute atomic E-state index is 0.102. The summed E-state index contributed by atoms with van der Waals surface area (Å²) in [5, 5.41) is 2.83. The van der Waals surface area contributed by atoms with Crippen molar-refractivity contribution in [2.45, 2.75) is 57.4 Å². The van der Waals surface area contributed by atoms with E-state index < -0.39 is 31.1 Å². The van der Waals surface area contributed by atoms with E-state index in [2.05, 4.69) is 5.32 Å². The van der Waals surface area contributed by atoms with Crippen molar-refractivity contribution in [2.24, 2.45) is 0 Å². The van der Waals surface area contributed by atoms with Gasteiger partial charge in [0, 0.05) is 23.8 Å². The van der Waals surface area contributed by atoms with Gasteiger partial charge in [0.15, 0.2) is 7.80 Å². The molecular weight excluding hydrogens is 457 g/mol. The number of anilines is 1. The van der Waals surface area contributed by atoms with E-state index in [0.29, 0.717) is 30.5 Å². The maximum Gasteiger partial charge on any atom is 0.320 e. The van der Waals surface area contributed by atoms with E-state index in [1.807, 2.05) is 18.2 Å². The largest absolute Gasteiger partial charge is 0.341 e. The molecule has 4 rings (SSSR count). The molecule has 2 aromatic rings. The highest BCUT2D eigenvalue weighted by Crippen LogP contribution is 2.52. The Morgan fingerprint density at radius 1 is 1.15 bits per heavy atom. The average Bonchev–Trinajstić information content (AvgIpc) is 3.20. The lowest BCUT2D eigenvalue weighted by atomic mass is 10.0. The molecule has 0 saturated carbocycles. The summed E-state index contributed by atoms with van der Waals surface area (Å²) in [7, 11) is -3.13. The van der Waals surface area contributed by atoms with E-state index in [0.717, 1.165) is 17.7 Å². The van der Waals surface area contributed by atoms with E-state index in [-0.39, 0.29) is 11.5 Å². The fraction of sp³-hybridized carbons (Fsp3) is 0.385. The smallest absolute Gasteiger partial charge is 0.320 e. The molecule has 34 heavy (non-hydrogen) atoms. The van der Waals surface area contributed by atoms with Crippen molar-refractivity contribution in [2.75, 3.05) is 11.4 Å². The summed E-state index contributed by atoms with van der Waals surface area (Å²) in [5.74, 6) is -0.504. The second-order valence-electron chi connectivity index (χ2n) is 9.26. The summed E-state index contributed by atoms with van der Waals surface area (Å²) in [6.07, 6.45) is 3.41. The van der Waals surface area contributed by atoms with Gasteiger partial charge in [-0.3, -0.25) is 9.59 Å². The Morgan fingerprint density at radius 2 is 1.79 bits per heavy atom. The molecule has 2 atom stereocenters. The molecule has 0 spiro atoms. The lowest BCUT2D eigenvalue weighted by Gasteiger charge is -2.22. The number of hydrogen-bond acceptors (Lipinski definition) is 3. The second-order valence-corrected chi connectivity index (χ2v) is 11.8. The highest BCUT2D eigenvalue weighted by molar-refractivity contribution is 7.46. The van der Waals surface area contributed by atoms with Gasteiger partial charge >= 0.3 is 5.66 Å². The number of carbonyl (C=O) groups excluding carboxylic acids is 2. The summed E-state index contributed by atoms with van der Waals surface area (Å²) in [6, 6.07) is 11.0. The monoisotopic (exact) mass is 486 g/mol. The lowest BCUT2D eigenvalue weighted by Crippen LogP contribution is -2.47. The first-order valence-electron chi connectivity index (χ1n) is 11.5. The maximum atomic E-state index is 14.5. The number of benzene rings is 2. The van der Waals surface area contributed by atoms with Gasteiger partial charge in [0.1, 0.15) is 6.04 Å². The molecule has 2 aromatic carbocycles. The molecule has 8 heteroatoms. The van der Waals surface area contributed by atoms with Crippen LogP contribution in [0.2, 0.25) is 0 Å². The van der Waals surface area contributed by atoms with Crippen LogP contribution in [0.1, 0.15) is 49.4 Å². The summed E-state index contributed by atoms with van der Waals surface area (Å²) in [6.45, 7) is 5.37. The van der Waals surface area contributed by atoms with Crippen LogP contribution in [-0.4, -0.2) is 30.1 Å². The highest BCUT2D eigenvalue weighted by Gasteiger charge is 2.40. The summed E-state index contributed by atoms with van der Waals surface area (Å²) >= 11 is 0. The Bertz CT molecular complexity index is 1180. The van der Waals surface area contributed by atoms with Crippen molar-refractivity contribution >= 4 is 30.9 Å². The van der Waals surface area contributed by atoms with E-state index >= 15 is 0 Å². The molecule has 0 aromatic heterocycles. The van der Waals surface area contributed by atoms with Gasteiger partial charge in [0.05, 0.1) is 5.69 Å². The maximum absolute atomic E-state index is 14.5. The topological polar surface area (TPSA) is 66.5 Å². The van der Waals surface area contributed by atoms with Gasteiger partial charge in [-0.15, -0.1) is 0 Å². The second kappa shape index (κ2) is 9.46. The molecule has 0 fully saturated rings. The zero-order valence-electron chi connectivity index (χ0n) is 19.5.